The maximum Gasteiger partial charge on any atom is 0.255 e. The van der Waals surface area contributed by atoms with Crippen LogP contribution in [0, 0.1) is 5.82 Å². The predicted octanol–water partition coefficient (Wildman–Crippen LogP) is 1.21. The number of amides is 1. The van der Waals surface area contributed by atoms with Crippen LogP contribution in [0.5, 0.6) is 0 Å². The highest BCUT2D eigenvalue weighted by molar-refractivity contribution is 6.33. The van der Waals surface area contributed by atoms with Crippen LogP contribution < -0.4 is 5.32 Å². The lowest BCUT2D eigenvalue weighted by Crippen LogP contribution is -2.63. The van der Waals surface area contributed by atoms with Gasteiger partial charge in [0.1, 0.15) is 5.82 Å². The summed E-state index contributed by atoms with van der Waals surface area (Å²) in [7, 11) is 0. The fourth-order valence-electron chi connectivity index (χ4n) is 2.93. The lowest BCUT2D eigenvalue weighted by molar-refractivity contribution is 0.0138. The molecule has 0 aromatic heterocycles. The number of hydrogen-bond donors (Lipinski definition) is 1. The quantitative estimate of drug-likeness (QED) is 0.911. The first kappa shape index (κ1) is 13.8. The second kappa shape index (κ2) is 5.68. The second-order valence-electron chi connectivity index (χ2n) is 5.30. The molecule has 0 spiro atoms. The Labute approximate surface area is 122 Å². The zero-order valence-electron chi connectivity index (χ0n) is 11.1. The molecule has 1 atom stereocenters. The van der Waals surface area contributed by atoms with Crippen LogP contribution in [0.1, 0.15) is 10.4 Å². The van der Waals surface area contributed by atoms with Gasteiger partial charge >= 0.3 is 0 Å². The summed E-state index contributed by atoms with van der Waals surface area (Å²) in [6.45, 7) is 5.78. The van der Waals surface area contributed by atoms with Crippen molar-refractivity contribution in [2.75, 3.05) is 39.3 Å². The van der Waals surface area contributed by atoms with E-state index in [2.05, 4.69) is 15.1 Å². The number of benzene rings is 1. The van der Waals surface area contributed by atoms with Crippen LogP contribution in [0.2, 0.25) is 5.02 Å². The maximum absolute atomic E-state index is 13.7. The van der Waals surface area contributed by atoms with Crippen LogP contribution in [0.15, 0.2) is 18.2 Å². The molecular formula is C14H17ClFN3O. The second-order valence-corrected chi connectivity index (χ2v) is 5.70. The Morgan fingerprint density at radius 3 is 2.70 bits per heavy atom. The molecule has 1 aromatic carbocycles. The summed E-state index contributed by atoms with van der Waals surface area (Å²) in [5, 5.41) is 2.95. The molecule has 0 aliphatic carbocycles. The molecule has 1 unspecified atom stereocenters. The van der Waals surface area contributed by atoms with Crippen molar-refractivity contribution in [2.45, 2.75) is 6.04 Å². The van der Waals surface area contributed by atoms with Gasteiger partial charge in [0.2, 0.25) is 0 Å². The minimum Gasteiger partial charge on any atom is -0.350 e. The number of carbonyl (C=O) groups is 1. The number of hydrogen-bond acceptors (Lipinski definition) is 3. The van der Waals surface area contributed by atoms with Crippen LogP contribution in [-0.4, -0.2) is 61.0 Å². The summed E-state index contributed by atoms with van der Waals surface area (Å²) in [6.07, 6.45) is 0. The molecule has 4 rings (SSSR count). The first-order valence-electron chi connectivity index (χ1n) is 6.84. The van der Waals surface area contributed by atoms with Gasteiger partial charge in [-0.15, -0.1) is 0 Å². The summed E-state index contributed by atoms with van der Waals surface area (Å²) in [5.74, 6) is -1.02. The number of rotatable bonds is 3. The molecular weight excluding hydrogens is 281 g/mol. The Morgan fingerprint density at radius 2 is 2.10 bits per heavy atom. The number of halogens is 2. The monoisotopic (exact) mass is 297 g/mol. The average molecular weight is 298 g/mol. The molecule has 1 N–H and O–H groups in total. The number of fused-ring (bicyclic) bond motifs is 3. The van der Waals surface area contributed by atoms with Crippen molar-refractivity contribution >= 4 is 17.5 Å². The highest BCUT2D eigenvalue weighted by atomic mass is 35.5. The highest BCUT2D eigenvalue weighted by Gasteiger charge is 2.32. The number of piperazine rings is 3. The number of nitrogens with one attached hydrogen (secondary N) is 1. The Morgan fingerprint density at radius 1 is 1.35 bits per heavy atom. The summed E-state index contributed by atoms with van der Waals surface area (Å²) in [5.41, 5.74) is -0.0644. The van der Waals surface area contributed by atoms with Gasteiger partial charge in [-0.2, -0.15) is 0 Å². The van der Waals surface area contributed by atoms with E-state index in [4.69, 9.17) is 11.6 Å². The van der Waals surface area contributed by atoms with Crippen LogP contribution >= 0.6 is 11.6 Å². The third kappa shape index (κ3) is 2.66. The average Bonchev–Trinajstić information content (AvgIpc) is 2.46. The van der Waals surface area contributed by atoms with Gasteiger partial charge in [0.15, 0.2) is 0 Å². The largest absolute Gasteiger partial charge is 0.350 e. The lowest BCUT2D eigenvalue weighted by atomic mass is 10.1. The smallest absolute Gasteiger partial charge is 0.255 e. The van der Waals surface area contributed by atoms with Crippen LogP contribution in [0.25, 0.3) is 0 Å². The van der Waals surface area contributed by atoms with Gasteiger partial charge in [-0.25, -0.2) is 4.39 Å². The zero-order chi connectivity index (χ0) is 14.1. The van der Waals surface area contributed by atoms with E-state index < -0.39 is 11.7 Å². The Kier molecular flexibility index (Phi) is 3.92. The molecule has 3 aliphatic heterocycles. The molecule has 1 aromatic rings. The first-order valence-corrected chi connectivity index (χ1v) is 7.21. The van der Waals surface area contributed by atoms with Gasteiger partial charge in [-0.3, -0.25) is 14.6 Å². The van der Waals surface area contributed by atoms with Gasteiger partial charge < -0.3 is 5.32 Å². The van der Waals surface area contributed by atoms with Crippen molar-refractivity contribution in [3.63, 3.8) is 0 Å². The Hall–Kier alpha value is -1.17. The van der Waals surface area contributed by atoms with E-state index >= 15 is 0 Å². The van der Waals surface area contributed by atoms with Crippen molar-refractivity contribution in [3.8, 4) is 0 Å². The fourth-order valence-corrected chi connectivity index (χ4v) is 3.18. The molecule has 20 heavy (non-hydrogen) atoms. The third-order valence-electron chi connectivity index (χ3n) is 4.08. The summed E-state index contributed by atoms with van der Waals surface area (Å²) < 4.78 is 13.7. The van der Waals surface area contributed by atoms with Gasteiger partial charge in [0, 0.05) is 45.3 Å². The third-order valence-corrected chi connectivity index (χ3v) is 4.40. The Balaban J connectivity index is 1.62. The van der Waals surface area contributed by atoms with Crippen LogP contribution in [0.4, 0.5) is 4.39 Å². The molecule has 3 saturated heterocycles. The zero-order valence-corrected chi connectivity index (χ0v) is 11.9. The van der Waals surface area contributed by atoms with Crippen molar-refractivity contribution in [3.05, 3.63) is 34.6 Å². The van der Waals surface area contributed by atoms with Crippen molar-refractivity contribution < 1.29 is 9.18 Å². The summed E-state index contributed by atoms with van der Waals surface area (Å²) in [6, 6.07) is 4.58. The molecule has 108 valence electrons. The summed E-state index contributed by atoms with van der Waals surface area (Å²) in [4.78, 5) is 16.8. The van der Waals surface area contributed by atoms with Gasteiger partial charge in [0.25, 0.3) is 5.91 Å². The Bertz CT molecular complexity index is 497. The number of carbonyl (C=O) groups excluding carboxylic acids is 1. The van der Waals surface area contributed by atoms with Gasteiger partial charge in [0.05, 0.1) is 10.6 Å². The summed E-state index contributed by atoms with van der Waals surface area (Å²) >= 11 is 5.89. The van der Waals surface area contributed by atoms with Crippen LogP contribution in [-0.2, 0) is 0 Å². The molecule has 3 aliphatic rings. The van der Waals surface area contributed by atoms with E-state index in [0.717, 1.165) is 32.7 Å². The standard InChI is InChI=1S/C14H17ClFN3O/c15-11-2-1-3-12(16)13(11)14(20)17-8-10-9-18-4-6-19(10)7-5-18/h1-3,10H,4-9H2,(H,17,20). The van der Waals surface area contributed by atoms with E-state index in [0.29, 0.717) is 12.6 Å². The van der Waals surface area contributed by atoms with Gasteiger partial charge in [-0.1, -0.05) is 17.7 Å². The van der Waals surface area contributed by atoms with E-state index in [1.54, 1.807) is 0 Å². The molecule has 3 fully saturated rings. The minimum atomic E-state index is -0.579. The van der Waals surface area contributed by atoms with Crippen LogP contribution in [0.3, 0.4) is 0 Å². The predicted molar refractivity (Wildman–Crippen MR) is 75.5 cm³/mol. The van der Waals surface area contributed by atoms with Crippen molar-refractivity contribution in [1.82, 2.24) is 15.1 Å². The van der Waals surface area contributed by atoms with E-state index in [9.17, 15) is 9.18 Å². The fraction of sp³-hybridized carbons (Fsp3) is 0.500. The molecule has 2 bridgehead atoms. The van der Waals surface area contributed by atoms with Gasteiger partial charge in [-0.05, 0) is 12.1 Å². The molecule has 0 saturated carbocycles. The molecule has 4 nitrogen and oxygen atoms in total. The van der Waals surface area contributed by atoms with E-state index in [-0.39, 0.29) is 10.6 Å². The van der Waals surface area contributed by atoms with E-state index in [1.165, 1.54) is 18.2 Å². The maximum atomic E-state index is 13.7. The molecule has 1 amide bonds. The first-order chi connectivity index (χ1) is 9.65. The van der Waals surface area contributed by atoms with Crippen molar-refractivity contribution in [2.24, 2.45) is 0 Å². The topological polar surface area (TPSA) is 35.6 Å². The molecule has 3 heterocycles. The van der Waals surface area contributed by atoms with Crippen molar-refractivity contribution in [1.29, 1.82) is 0 Å². The molecule has 0 radical (unpaired) electrons. The SMILES string of the molecule is O=C(NCC1CN2CCN1CC2)c1c(F)cccc1Cl. The number of nitrogens with zero attached hydrogens (tertiary/aromatic N) is 2. The highest BCUT2D eigenvalue weighted by Crippen LogP contribution is 2.19. The lowest BCUT2D eigenvalue weighted by Gasteiger charge is -2.47. The molecule has 6 heteroatoms. The normalized spacial score (nSPS) is 28.4. The van der Waals surface area contributed by atoms with E-state index in [1.807, 2.05) is 0 Å². The minimum absolute atomic E-state index is 0.0644.